The number of rotatable bonds is 56. The summed E-state index contributed by atoms with van der Waals surface area (Å²) in [6.07, 6.45) is 68.9. The van der Waals surface area contributed by atoms with Crippen LogP contribution in [0.15, 0.2) is 24.3 Å². The summed E-state index contributed by atoms with van der Waals surface area (Å²) in [6.45, 7) is 4.94. The van der Waals surface area contributed by atoms with Crippen molar-refractivity contribution in [3.8, 4) is 0 Å². The lowest BCUT2D eigenvalue weighted by atomic mass is 10.0. The predicted octanol–water partition coefficient (Wildman–Crippen LogP) is 18.6. The summed E-state index contributed by atoms with van der Waals surface area (Å²) in [7, 11) is 0. The van der Waals surface area contributed by atoms with E-state index in [4.69, 9.17) is 4.74 Å². The molecule has 2 atom stereocenters. The first-order chi connectivity index (χ1) is 33.0. The first kappa shape index (κ1) is 65.3. The van der Waals surface area contributed by atoms with Crippen LogP contribution in [0.5, 0.6) is 0 Å². The number of ether oxygens (including phenoxy) is 1. The molecule has 0 aliphatic carbocycles. The number of hydrogen-bond donors (Lipinski definition) is 3. The molecule has 0 saturated carbocycles. The molecule has 1 amide bonds. The van der Waals surface area contributed by atoms with E-state index < -0.39 is 12.1 Å². The van der Waals surface area contributed by atoms with Gasteiger partial charge in [-0.3, -0.25) is 9.59 Å². The first-order valence-corrected chi connectivity index (χ1v) is 30.1. The highest BCUT2D eigenvalue weighted by Crippen LogP contribution is 2.17. The maximum Gasteiger partial charge on any atom is 0.305 e. The van der Waals surface area contributed by atoms with Crippen molar-refractivity contribution in [1.82, 2.24) is 5.32 Å². The van der Waals surface area contributed by atoms with Gasteiger partial charge in [-0.1, -0.05) is 263 Å². The second-order valence-corrected chi connectivity index (χ2v) is 20.7. The summed E-state index contributed by atoms with van der Waals surface area (Å²) in [5, 5.41) is 23.3. The Morgan fingerprint density at radius 1 is 0.403 bits per heavy atom. The van der Waals surface area contributed by atoms with Gasteiger partial charge < -0.3 is 20.3 Å². The van der Waals surface area contributed by atoms with Gasteiger partial charge >= 0.3 is 5.97 Å². The summed E-state index contributed by atoms with van der Waals surface area (Å²) in [5.74, 6) is -0.0534. The minimum absolute atomic E-state index is 0.00282. The maximum atomic E-state index is 12.5. The van der Waals surface area contributed by atoms with Crippen molar-refractivity contribution in [1.29, 1.82) is 0 Å². The number of allylic oxidation sites excluding steroid dienone is 4. The van der Waals surface area contributed by atoms with E-state index in [2.05, 4.69) is 43.5 Å². The van der Waals surface area contributed by atoms with Crippen LogP contribution < -0.4 is 5.32 Å². The standard InChI is InChI=1S/C61H117NO5/c1-3-5-7-9-11-13-15-17-19-20-21-22-27-31-35-39-43-47-51-55-61(66)67-56-52-48-44-40-36-32-28-24-23-26-30-34-38-42-46-50-54-60(65)62-58(57-63)59(64)53-49-45-41-37-33-29-25-18-16-14-12-10-8-6-4-2/h17,19,23,26,58-59,63-64H,3-16,18,20-22,24-25,27-57H2,1-2H3,(H,62,65)/b19-17-,26-23-. The van der Waals surface area contributed by atoms with Crippen molar-refractivity contribution in [2.45, 2.75) is 341 Å². The zero-order valence-electron chi connectivity index (χ0n) is 45.1. The maximum absolute atomic E-state index is 12.5. The van der Waals surface area contributed by atoms with Crippen LogP contribution >= 0.6 is 0 Å². The Bertz CT molecular complexity index is 1040. The number of carbonyl (C=O) groups excluding carboxylic acids is 2. The second-order valence-electron chi connectivity index (χ2n) is 20.7. The molecule has 67 heavy (non-hydrogen) atoms. The fourth-order valence-corrected chi connectivity index (χ4v) is 9.34. The Hall–Kier alpha value is -1.66. The average molecular weight is 945 g/mol. The topological polar surface area (TPSA) is 95.9 Å². The molecular formula is C61H117NO5. The summed E-state index contributed by atoms with van der Waals surface area (Å²) in [6, 6.07) is -0.553. The predicted molar refractivity (Wildman–Crippen MR) is 292 cm³/mol. The molecule has 6 heteroatoms. The molecule has 0 radical (unpaired) electrons. The molecule has 0 fully saturated rings. The second kappa shape index (κ2) is 56.9. The van der Waals surface area contributed by atoms with Gasteiger partial charge in [0.25, 0.3) is 0 Å². The summed E-state index contributed by atoms with van der Waals surface area (Å²) in [4.78, 5) is 24.6. The molecule has 0 aliphatic rings. The van der Waals surface area contributed by atoms with E-state index >= 15 is 0 Å². The largest absolute Gasteiger partial charge is 0.466 e. The Balaban J connectivity index is 3.44. The molecule has 0 bridgehead atoms. The van der Waals surface area contributed by atoms with Crippen molar-refractivity contribution in [3.63, 3.8) is 0 Å². The monoisotopic (exact) mass is 944 g/mol. The quantitative estimate of drug-likeness (QED) is 0.0321. The molecule has 0 heterocycles. The number of hydrogen-bond acceptors (Lipinski definition) is 5. The smallest absolute Gasteiger partial charge is 0.305 e. The fourth-order valence-electron chi connectivity index (χ4n) is 9.34. The number of carbonyl (C=O) groups is 2. The van der Waals surface area contributed by atoms with Gasteiger partial charge in [0, 0.05) is 12.8 Å². The minimum atomic E-state index is -0.674. The minimum Gasteiger partial charge on any atom is -0.466 e. The van der Waals surface area contributed by atoms with Gasteiger partial charge in [-0.2, -0.15) is 0 Å². The van der Waals surface area contributed by atoms with Gasteiger partial charge in [0.1, 0.15) is 0 Å². The van der Waals surface area contributed by atoms with Crippen molar-refractivity contribution >= 4 is 11.9 Å². The summed E-state index contributed by atoms with van der Waals surface area (Å²) in [5.41, 5.74) is 0. The summed E-state index contributed by atoms with van der Waals surface area (Å²) < 4.78 is 5.49. The fraction of sp³-hybridized carbons (Fsp3) is 0.902. The molecule has 0 spiro atoms. The third kappa shape index (κ3) is 53.5. The highest BCUT2D eigenvalue weighted by Gasteiger charge is 2.20. The third-order valence-corrected chi connectivity index (χ3v) is 14.0. The lowest BCUT2D eigenvalue weighted by Crippen LogP contribution is -2.45. The molecule has 0 aromatic rings. The molecule has 0 aliphatic heterocycles. The number of nitrogens with one attached hydrogen (secondary N) is 1. The summed E-state index contributed by atoms with van der Waals surface area (Å²) >= 11 is 0. The zero-order chi connectivity index (χ0) is 48.6. The number of aliphatic hydroxyl groups excluding tert-OH is 2. The van der Waals surface area contributed by atoms with Crippen LogP contribution in [0.1, 0.15) is 328 Å². The Morgan fingerprint density at radius 2 is 0.701 bits per heavy atom. The van der Waals surface area contributed by atoms with E-state index in [1.165, 1.54) is 231 Å². The molecule has 0 aromatic heterocycles. The number of esters is 1. The van der Waals surface area contributed by atoms with E-state index in [9.17, 15) is 19.8 Å². The van der Waals surface area contributed by atoms with Gasteiger partial charge in [0.15, 0.2) is 0 Å². The van der Waals surface area contributed by atoms with E-state index in [-0.39, 0.29) is 18.5 Å². The van der Waals surface area contributed by atoms with Crippen LogP contribution in [-0.4, -0.2) is 47.4 Å². The highest BCUT2D eigenvalue weighted by molar-refractivity contribution is 5.76. The number of unbranched alkanes of at least 4 members (excludes halogenated alkanes) is 41. The van der Waals surface area contributed by atoms with Crippen molar-refractivity contribution in [2.24, 2.45) is 0 Å². The molecule has 396 valence electrons. The van der Waals surface area contributed by atoms with E-state index in [0.29, 0.717) is 25.9 Å². The Labute approximate surface area is 418 Å². The van der Waals surface area contributed by atoms with Crippen molar-refractivity contribution < 1.29 is 24.5 Å². The Morgan fingerprint density at radius 3 is 1.06 bits per heavy atom. The average Bonchev–Trinajstić information content (AvgIpc) is 3.33. The van der Waals surface area contributed by atoms with Crippen molar-refractivity contribution in [3.05, 3.63) is 24.3 Å². The molecule has 2 unspecified atom stereocenters. The van der Waals surface area contributed by atoms with Crippen LogP contribution in [0.4, 0.5) is 0 Å². The van der Waals surface area contributed by atoms with Gasteiger partial charge in [-0.25, -0.2) is 0 Å². The van der Waals surface area contributed by atoms with Crippen LogP contribution in [-0.2, 0) is 14.3 Å². The van der Waals surface area contributed by atoms with E-state index in [0.717, 1.165) is 64.2 Å². The van der Waals surface area contributed by atoms with Crippen molar-refractivity contribution in [2.75, 3.05) is 13.2 Å². The molecule has 3 N–H and O–H groups in total. The third-order valence-electron chi connectivity index (χ3n) is 14.0. The van der Waals surface area contributed by atoms with Gasteiger partial charge in [0.05, 0.1) is 25.4 Å². The normalized spacial score (nSPS) is 12.7. The molecule has 0 saturated heterocycles. The SMILES string of the molecule is CCCCCCCC/C=C\CCCCCCCCCCCC(=O)OCCCCCCCCC/C=C\CCCCCCCC(=O)NC(CO)C(O)CCCCCCCCCCCCCCCCC. The molecule has 6 nitrogen and oxygen atoms in total. The van der Waals surface area contributed by atoms with Gasteiger partial charge in [-0.05, 0) is 77.0 Å². The Kier molecular flexibility index (Phi) is 55.5. The number of aliphatic hydroxyl groups is 2. The van der Waals surface area contributed by atoms with Crippen LogP contribution in [0.3, 0.4) is 0 Å². The van der Waals surface area contributed by atoms with E-state index in [1.54, 1.807) is 0 Å². The molecular weight excluding hydrogens is 827 g/mol. The van der Waals surface area contributed by atoms with Crippen LogP contribution in [0.25, 0.3) is 0 Å². The first-order valence-electron chi connectivity index (χ1n) is 30.1. The molecule has 0 rings (SSSR count). The van der Waals surface area contributed by atoms with Gasteiger partial charge in [0.2, 0.25) is 5.91 Å². The lowest BCUT2D eigenvalue weighted by molar-refractivity contribution is -0.143. The zero-order valence-corrected chi connectivity index (χ0v) is 45.1. The van der Waals surface area contributed by atoms with Crippen LogP contribution in [0, 0.1) is 0 Å². The lowest BCUT2D eigenvalue weighted by Gasteiger charge is -2.22. The number of amides is 1. The van der Waals surface area contributed by atoms with E-state index in [1.807, 2.05) is 0 Å². The molecule has 0 aromatic carbocycles. The van der Waals surface area contributed by atoms with Crippen LogP contribution in [0.2, 0.25) is 0 Å². The van der Waals surface area contributed by atoms with Gasteiger partial charge in [-0.15, -0.1) is 0 Å². The highest BCUT2D eigenvalue weighted by atomic mass is 16.5.